The van der Waals surface area contributed by atoms with Crippen molar-refractivity contribution in [1.82, 2.24) is 15.1 Å². The Morgan fingerprint density at radius 1 is 1.44 bits per heavy atom. The lowest BCUT2D eigenvalue weighted by Gasteiger charge is -2.11. The van der Waals surface area contributed by atoms with Crippen molar-refractivity contribution in [3.63, 3.8) is 0 Å². The first-order valence-corrected chi connectivity index (χ1v) is 5.72. The lowest BCUT2D eigenvalue weighted by atomic mass is 10.1. The van der Waals surface area contributed by atoms with E-state index in [-0.39, 0.29) is 5.91 Å². The molecule has 94 valence electrons. The van der Waals surface area contributed by atoms with Crippen LogP contribution in [0.3, 0.4) is 0 Å². The highest BCUT2D eigenvalue weighted by Crippen LogP contribution is 2.09. The number of carbonyl (C=O) groups is 1. The van der Waals surface area contributed by atoms with Crippen molar-refractivity contribution in [2.75, 3.05) is 0 Å². The van der Waals surface area contributed by atoms with Crippen molar-refractivity contribution in [3.8, 4) is 0 Å². The van der Waals surface area contributed by atoms with E-state index in [0.717, 1.165) is 11.1 Å². The fourth-order valence-corrected chi connectivity index (χ4v) is 1.67. The highest BCUT2D eigenvalue weighted by Gasteiger charge is 2.14. The Morgan fingerprint density at radius 3 is 2.78 bits per heavy atom. The van der Waals surface area contributed by atoms with Gasteiger partial charge in [0.05, 0.1) is 6.20 Å². The average molecular weight is 244 g/mol. The quantitative estimate of drug-likeness (QED) is 0.833. The second-order valence-corrected chi connectivity index (χ2v) is 4.13. The summed E-state index contributed by atoms with van der Waals surface area (Å²) >= 11 is 0. The van der Waals surface area contributed by atoms with Gasteiger partial charge >= 0.3 is 0 Å². The van der Waals surface area contributed by atoms with Crippen LogP contribution in [0.25, 0.3) is 0 Å². The monoisotopic (exact) mass is 244 g/mol. The number of amides is 1. The summed E-state index contributed by atoms with van der Waals surface area (Å²) < 4.78 is 1.69. The van der Waals surface area contributed by atoms with Crippen molar-refractivity contribution in [3.05, 3.63) is 53.9 Å². The molecule has 0 unspecified atom stereocenters. The van der Waals surface area contributed by atoms with Crippen LogP contribution in [-0.2, 0) is 18.4 Å². The molecule has 5 nitrogen and oxygen atoms in total. The second-order valence-electron chi connectivity index (χ2n) is 4.13. The third-order valence-electron chi connectivity index (χ3n) is 2.67. The first-order valence-electron chi connectivity index (χ1n) is 5.72. The Kier molecular flexibility index (Phi) is 3.74. The Hall–Kier alpha value is -2.14. The minimum Gasteiger partial charge on any atom is -0.350 e. The van der Waals surface area contributed by atoms with Gasteiger partial charge in [-0.3, -0.25) is 9.48 Å². The van der Waals surface area contributed by atoms with Gasteiger partial charge in [-0.1, -0.05) is 30.3 Å². The summed E-state index contributed by atoms with van der Waals surface area (Å²) in [6.07, 6.45) is 3.57. The molecule has 2 rings (SSSR count). The third-order valence-corrected chi connectivity index (χ3v) is 2.67. The molecule has 1 aromatic heterocycles. The summed E-state index contributed by atoms with van der Waals surface area (Å²) in [6, 6.07) is 8.67. The van der Waals surface area contributed by atoms with Gasteiger partial charge in [-0.2, -0.15) is 5.10 Å². The number of rotatable bonds is 4. The van der Waals surface area contributed by atoms with E-state index in [1.54, 1.807) is 10.9 Å². The largest absolute Gasteiger partial charge is 0.350 e. The number of nitrogens with one attached hydrogen (secondary N) is 1. The van der Waals surface area contributed by atoms with Gasteiger partial charge in [-0.15, -0.1) is 0 Å². The van der Waals surface area contributed by atoms with Gasteiger partial charge in [-0.05, 0) is 5.56 Å². The van der Waals surface area contributed by atoms with E-state index in [0.29, 0.717) is 6.54 Å². The van der Waals surface area contributed by atoms with E-state index in [4.69, 9.17) is 5.73 Å². The Morgan fingerprint density at radius 2 is 2.17 bits per heavy atom. The number of nitrogens with two attached hydrogens (primary N) is 1. The topological polar surface area (TPSA) is 72.9 Å². The van der Waals surface area contributed by atoms with Gasteiger partial charge in [0.15, 0.2) is 0 Å². The number of hydrogen-bond acceptors (Lipinski definition) is 3. The normalized spacial score (nSPS) is 12.1. The molecule has 0 radical (unpaired) electrons. The van der Waals surface area contributed by atoms with Crippen molar-refractivity contribution in [1.29, 1.82) is 0 Å². The van der Waals surface area contributed by atoms with Crippen LogP contribution in [0.15, 0.2) is 42.7 Å². The maximum atomic E-state index is 11.9. The number of benzene rings is 1. The van der Waals surface area contributed by atoms with Crippen LogP contribution in [0.4, 0.5) is 0 Å². The Bertz CT molecular complexity index is 521. The fraction of sp³-hybridized carbons (Fsp3) is 0.231. The smallest absolute Gasteiger partial charge is 0.241 e. The van der Waals surface area contributed by atoms with Crippen LogP contribution in [0, 0.1) is 0 Å². The molecule has 5 heteroatoms. The van der Waals surface area contributed by atoms with E-state index in [2.05, 4.69) is 10.4 Å². The fourth-order valence-electron chi connectivity index (χ4n) is 1.67. The van der Waals surface area contributed by atoms with Gasteiger partial charge in [0.2, 0.25) is 5.91 Å². The van der Waals surface area contributed by atoms with Crippen LogP contribution in [0.1, 0.15) is 17.2 Å². The Labute approximate surface area is 106 Å². The molecule has 1 heterocycles. The second kappa shape index (κ2) is 5.46. The standard InChI is InChI=1S/C13H16N4O/c1-17-9-10(8-16-17)7-15-13(18)12(14)11-5-3-2-4-6-11/h2-6,8-9,12H,7,14H2,1H3,(H,15,18)/t12-/m0/s1. The molecule has 1 atom stereocenters. The van der Waals surface area contributed by atoms with E-state index in [1.807, 2.05) is 43.6 Å². The van der Waals surface area contributed by atoms with Crippen LogP contribution in [0.5, 0.6) is 0 Å². The lowest BCUT2D eigenvalue weighted by molar-refractivity contribution is -0.122. The Balaban J connectivity index is 1.92. The summed E-state index contributed by atoms with van der Waals surface area (Å²) in [7, 11) is 1.83. The maximum Gasteiger partial charge on any atom is 0.241 e. The molecule has 0 saturated carbocycles. The predicted molar refractivity (Wildman–Crippen MR) is 68.4 cm³/mol. The first kappa shape index (κ1) is 12.3. The highest BCUT2D eigenvalue weighted by atomic mass is 16.2. The number of aryl methyl sites for hydroxylation is 1. The van der Waals surface area contributed by atoms with Gasteiger partial charge in [0.25, 0.3) is 0 Å². The van der Waals surface area contributed by atoms with Gasteiger partial charge in [0, 0.05) is 25.4 Å². The van der Waals surface area contributed by atoms with Crippen LogP contribution in [0.2, 0.25) is 0 Å². The van der Waals surface area contributed by atoms with E-state index < -0.39 is 6.04 Å². The van der Waals surface area contributed by atoms with Crippen molar-refractivity contribution in [2.24, 2.45) is 12.8 Å². The van der Waals surface area contributed by atoms with Gasteiger partial charge in [0.1, 0.15) is 6.04 Å². The molecule has 0 aliphatic heterocycles. The summed E-state index contributed by atoms with van der Waals surface area (Å²) in [5, 5.41) is 6.82. The zero-order valence-electron chi connectivity index (χ0n) is 10.2. The van der Waals surface area contributed by atoms with Crippen LogP contribution >= 0.6 is 0 Å². The van der Waals surface area contributed by atoms with Gasteiger partial charge in [-0.25, -0.2) is 0 Å². The summed E-state index contributed by atoms with van der Waals surface area (Å²) in [5.41, 5.74) is 7.63. The molecule has 0 aliphatic carbocycles. The van der Waals surface area contributed by atoms with Crippen molar-refractivity contribution >= 4 is 5.91 Å². The molecule has 0 spiro atoms. The zero-order chi connectivity index (χ0) is 13.0. The average Bonchev–Trinajstić information content (AvgIpc) is 2.82. The molecule has 1 amide bonds. The number of hydrogen-bond donors (Lipinski definition) is 2. The molecule has 18 heavy (non-hydrogen) atoms. The summed E-state index contributed by atoms with van der Waals surface area (Å²) in [4.78, 5) is 11.9. The molecule has 2 aromatic rings. The van der Waals surface area contributed by atoms with Crippen LogP contribution in [-0.4, -0.2) is 15.7 Å². The number of nitrogens with zero attached hydrogens (tertiary/aromatic N) is 2. The first-order chi connectivity index (χ1) is 8.66. The molecule has 0 bridgehead atoms. The van der Waals surface area contributed by atoms with Gasteiger partial charge < -0.3 is 11.1 Å². The predicted octanol–water partition coefficient (Wildman–Crippen LogP) is 0.736. The van der Waals surface area contributed by atoms with E-state index >= 15 is 0 Å². The lowest BCUT2D eigenvalue weighted by Crippen LogP contribution is -2.33. The highest BCUT2D eigenvalue weighted by molar-refractivity contribution is 5.82. The minimum absolute atomic E-state index is 0.190. The molecule has 1 aromatic carbocycles. The molecule has 0 fully saturated rings. The van der Waals surface area contributed by atoms with Crippen molar-refractivity contribution < 1.29 is 4.79 Å². The van der Waals surface area contributed by atoms with E-state index in [1.165, 1.54) is 0 Å². The summed E-state index contributed by atoms with van der Waals surface area (Å²) in [6.45, 7) is 0.438. The summed E-state index contributed by atoms with van der Waals surface area (Å²) in [5.74, 6) is -0.190. The number of carbonyl (C=O) groups excluding carboxylic acids is 1. The number of aromatic nitrogens is 2. The molecule has 0 aliphatic rings. The zero-order valence-corrected chi connectivity index (χ0v) is 10.2. The minimum atomic E-state index is -0.636. The SMILES string of the molecule is Cn1cc(CNC(=O)[C@@H](N)c2ccccc2)cn1. The molecular weight excluding hydrogens is 228 g/mol. The molecule has 0 saturated heterocycles. The molecule has 3 N–H and O–H groups in total. The third kappa shape index (κ3) is 2.95. The van der Waals surface area contributed by atoms with Crippen LogP contribution < -0.4 is 11.1 Å². The van der Waals surface area contributed by atoms with E-state index in [9.17, 15) is 4.79 Å². The van der Waals surface area contributed by atoms with Crippen molar-refractivity contribution in [2.45, 2.75) is 12.6 Å². The molecular formula is C13H16N4O. The maximum absolute atomic E-state index is 11.9.